The Balaban J connectivity index is 3.54. The van der Waals surface area contributed by atoms with Crippen LogP contribution in [0.5, 0.6) is 0 Å². The van der Waals surface area contributed by atoms with Crippen molar-refractivity contribution in [1.29, 1.82) is 0 Å². The zero-order chi connectivity index (χ0) is 7.28. The van der Waals surface area contributed by atoms with Crippen LogP contribution < -0.4 is 3.08 Å². The van der Waals surface area contributed by atoms with Gasteiger partial charge in [0.05, 0.1) is 0 Å². The molecule has 0 aliphatic rings. The second-order valence-electron chi connectivity index (χ2n) is 1.63. The second-order valence-corrected chi connectivity index (χ2v) is 6.33. The van der Waals surface area contributed by atoms with Crippen molar-refractivity contribution in [3.8, 4) is 0 Å². The van der Waals surface area contributed by atoms with E-state index in [0.29, 0.717) is 5.75 Å². The molecule has 0 fully saturated rings. The number of carbonyl (C=O) groups is 1. The first-order valence-corrected chi connectivity index (χ1v) is 11.7. The standard InChI is InChI=1S/C3H6NO2S.CH3.Hg/c4-2(1-7)3(5)6;;/h2,4,7H,1H2,(H,5,6);1H3;/q-1;;+1/t2-;;/m0../s1. The van der Waals surface area contributed by atoms with Crippen LogP contribution in [0.2, 0.25) is 4.43 Å². The average molecular weight is 336 g/mol. The molecule has 0 aromatic rings. The molecule has 0 aromatic heterocycles. The van der Waals surface area contributed by atoms with Gasteiger partial charge in [0.25, 0.3) is 0 Å². The van der Waals surface area contributed by atoms with E-state index >= 15 is 0 Å². The van der Waals surface area contributed by atoms with E-state index < -0.39 is 36.9 Å². The van der Waals surface area contributed by atoms with Crippen LogP contribution in [0, 0.1) is 0 Å². The summed E-state index contributed by atoms with van der Waals surface area (Å²) in [6, 6.07) is -0.403. The van der Waals surface area contributed by atoms with Gasteiger partial charge in [0.2, 0.25) is 0 Å². The maximum atomic E-state index is 10.2. The number of carboxylic acid groups (broad SMARTS) is 1. The van der Waals surface area contributed by atoms with E-state index in [9.17, 15) is 4.79 Å². The fourth-order valence-corrected chi connectivity index (χ4v) is 4.86. The third-order valence-electron chi connectivity index (χ3n) is 0.931. The van der Waals surface area contributed by atoms with Gasteiger partial charge in [-0.25, -0.2) is 0 Å². The molecule has 50 valence electrons. The Morgan fingerprint density at radius 3 is 2.67 bits per heavy atom. The van der Waals surface area contributed by atoms with Crippen LogP contribution in [0.4, 0.5) is 0 Å². The van der Waals surface area contributed by atoms with Crippen molar-refractivity contribution >= 4 is 18.6 Å². The number of hydrogen-bond donors (Lipinski definition) is 3. The van der Waals surface area contributed by atoms with Gasteiger partial charge in [0, 0.05) is 0 Å². The summed E-state index contributed by atoms with van der Waals surface area (Å²) in [6.07, 6.45) is 0. The Morgan fingerprint density at radius 1 is 2.00 bits per heavy atom. The van der Waals surface area contributed by atoms with E-state index in [0.717, 1.165) is 0 Å². The van der Waals surface area contributed by atoms with Crippen LogP contribution in [0.3, 0.4) is 0 Å². The number of rotatable bonds is 4. The molecule has 2 N–H and O–H groups in total. The molecule has 0 saturated carbocycles. The van der Waals surface area contributed by atoms with Crippen molar-refractivity contribution in [3.63, 3.8) is 0 Å². The fourth-order valence-electron chi connectivity index (χ4n) is 0.476. The number of nitrogens with one attached hydrogen (secondary N) is 1. The summed E-state index contributed by atoms with van der Waals surface area (Å²) in [5.74, 6) is -0.393. The number of hydrogen-bond acceptors (Lipinski definition) is 3. The molecule has 0 aliphatic carbocycles. The molecular weight excluding hydrogens is 327 g/mol. The molecule has 1 atom stereocenters. The third-order valence-corrected chi connectivity index (χ3v) is 4.80. The molecule has 0 amide bonds. The molecule has 9 heavy (non-hydrogen) atoms. The molecule has 0 bridgehead atoms. The predicted octanol–water partition coefficient (Wildman–Crippen LogP) is 0.00460. The van der Waals surface area contributed by atoms with Gasteiger partial charge in [-0.15, -0.1) is 0 Å². The zero-order valence-electron chi connectivity index (χ0n) is 5.29. The van der Waals surface area contributed by atoms with E-state index in [2.05, 4.69) is 20.1 Å². The summed E-state index contributed by atoms with van der Waals surface area (Å²) in [5.41, 5.74) is 0. The van der Waals surface area contributed by atoms with Crippen LogP contribution >= 0.6 is 12.6 Å². The van der Waals surface area contributed by atoms with Crippen molar-refractivity contribution in [2.24, 2.45) is 0 Å². The van der Waals surface area contributed by atoms with E-state index in [4.69, 9.17) is 5.11 Å². The van der Waals surface area contributed by atoms with Crippen molar-refractivity contribution in [2.45, 2.75) is 10.5 Å². The van der Waals surface area contributed by atoms with Gasteiger partial charge >= 0.3 is 72.7 Å². The molecule has 0 aromatic carbocycles. The Morgan fingerprint density at radius 2 is 2.56 bits per heavy atom. The molecule has 0 radical (unpaired) electrons. The molecule has 0 spiro atoms. The summed E-state index contributed by atoms with van der Waals surface area (Å²) in [6.45, 7) is 0. The monoisotopic (exact) mass is 337 g/mol. The third kappa shape index (κ3) is 4.16. The van der Waals surface area contributed by atoms with Gasteiger partial charge in [-0.1, -0.05) is 0 Å². The van der Waals surface area contributed by atoms with Gasteiger partial charge in [-0.2, -0.15) is 0 Å². The van der Waals surface area contributed by atoms with E-state index in [1.165, 1.54) is 0 Å². The van der Waals surface area contributed by atoms with Gasteiger partial charge in [-0.05, 0) is 0 Å². The summed E-state index contributed by atoms with van der Waals surface area (Å²) in [4.78, 5) is 10.2. The summed E-state index contributed by atoms with van der Waals surface area (Å²) < 4.78 is 5.06. The van der Waals surface area contributed by atoms with Crippen molar-refractivity contribution < 1.29 is 34.8 Å². The van der Waals surface area contributed by atoms with Crippen LogP contribution in [0.1, 0.15) is 0 Å². The molecular formula is C4H9HgNO2S. The molecule has 0 saturated heterocycles. The van der Waals surface area contributed by atoms with Gasteiger partial charge < -0.3 is 0 Å². The fraction of sp³-hybridized carbons (Fsp3) is 0.750. The second kappa shape index (κ2) is 5.50. The maximum absolute atomic E-state index is 10.2. The zero-order valence-corrected chi connectivity index (χ0v) is 11.7. The quantitative estimate of drug-likeness (QED) is 0.501. The molecule has 0 rings (SSSR count). The first-order chi connectivity index (χ1) is 4.22. The Kier molecular flexibility index (Phi) is 5.93. The Bertz CT molecular complexity index is 101. The summed E-state index contributed by atoms with van der Waals surface area (Å²) >= 11 is 2.90. The van der Waals surface area contributed by atoms with Gasteiger partial charge in [-0.3, -0.25) is 0 Å². The van der Waals surface area contributed by atoms with Crippen molar-refractivity contribution in [3.05, 3.63) is 0 Å². The van der Waals surface area contributed by atoms with E-state index in [1.54, 1.807) is 0 Å². The van der Waals surface area contributed by atoms with Crippen molar-refractivity contribution in [2.75, 3.05) is 5.75 Å². The van der Waals surface area contributed by atoms with E-state index in [1.807, 2.05) is 0 Å². The summed E-state index contributed by atoms with van der Waals surface area (Å²) in [7, 11) is 0. The first-order valence-electron chi connectivity index (χ1n) is 2.79. The topological polar surface area (TPSA) is 49.3 Å². The van der Waals surface area contributed by atoms with Crippen LogP contribution in [-0.4, -0.2) is 22.9 Å². The molecule has 5 heteroatoms. The SMILES string of the molecule is [CH3][Hg][NH][C@@H](CS)C(=O)O. The normalized spacial score (nSPS) is 12.2. The van der Waals surface area contributed by atoms with Crippen molar-refractivity contribution in [1.82, 2.24) is 3.08 Å². The number of thiol groups is 1. The Hall–Kier alpha value is 0.715. The van der Waals surface area contributed by atoms with Crippen LogP contribution in [0.25, 0.3) is 0 Å². The first kappa shape index (κ1) is 9.72. The van der Waals surface area contributed by atoms with E-state index in [-0.39, 0.29) is 0 Å². The predicted molar refractivity (Wildman–Crippen MR) is 34.3 cm³/mol. The van der Waals surface area contributed by atoms with Crippen LogP contribution in [-0.2, 0) is 29.7 Å². The minimum absolute atomic E-state index is 0.392. The van der Waals surface area contributed by atoms with Crippen LogP contribution in [0.15, 0.2) is 0 Å². The summed E-state index contributed by atoms with van der Waals surface area (Å²) in [5, 5.41) is 8.43. The minimum atomic E-state index is -0.986. The molecule has 0 aliphatic heterocycles. The average Bonchev–Trinajstić information content (AvgIpc) is 1.82. The van der Waals surface area contributed by atoms with Gasteiger partial charge in [0.15, 0.2) is 0 Å². The molecule has 0 unspecified atom stereocenters. The van der Waals surface area contributed by atoms with Gasteiger partial charge in [0.1, 0.15) is 0 Å². The molecule has 3 nitrogen and oxygen atoms in total. The number of aliphatic carboxylic acids is 1. The Labute approximate surface area is 72.5 Å². The number of carboxylic acids is 1. The molecule has 0 heterocycles.